The highest BCUT2D eigenvalue weighted by Gasteiger charge is 2.29. The minimum Gasteiger partial charge on any atom is -0.377 e. The maximum atomic E-state index is 13.7. The first-order valence-electron chi connectivity index (χ1n) is 10.9. The number of rotatable bonds is 8. The Labute approximate surface area is 189 Å². The Hall–Kier alpha value is -2.62. The van der Waals surface area contributed by atoms with Crippen LogP contribution in [-0.4, -0.2) is 52.2 Å². The molecule has 1 atom stereocenters. The third kappa shape index (κ3) is 4.90. The summed E-state index contributed by atoms with van der Waals surface area (Å²) in [5.74, 6) is 0.428. The lowest BCUT2D eigenvalue weighted by Crippen LogP contribution is -2.37. The summed E-state index contributed by atoms with van der Waals surface area (Å²) < 4.78 is 36.2. The van der Waals surface area contributed by atoms with Gasteiger partial charge in [0.15, 0.2) is 0 Å². The van der Waals surface area contributed by atoms with Crippen molar-refractivity contribution < 1.29 is 13.2 Å². The number of tetrazole rings is 1. The molecule has 8 nitrogen and oxygen atoms in total. The third-order valence-corrected chi connectivity index (χ3v) is 7.65. The van der Waals surface area contributed by atoms with Crippen LogP contribution in [0.2, 0.25) is 0 Å². The van der Waals surface area contributed by atoms with Crippen molar-refractivity contribution in [3.8, 4) is 5.69 Å². The molecule has 0 bridgehead atoms. The molecule has 0 aliphatic carbocycles. The van der Waals surface area contributed by atoms with E-state index < -0.39 is 10.0 Å². The number of hydrogen-bond acceptors (Lipinski definition) is 6. The maximum Gasteiger partial charge on any atom is 0.243 e. The smallest absolute Gasteiger partial charge is 0.243 e. The molecular weight excluding hydrogens is 426 g/mol. The van der Waals surface area contributed by atoms with E-state index in [1.54, 1.807) is 22.5 Å². The second-order valence-electron chi connectivity index (χ2n) is 8.53. The topological polar surface area (TPSA) is 90.2 Å². The zero-order valence-corrected chi connectivity index (χ0v) is 19.5. The molecule has 0 spiro atoms. The normalized spacial score (nSPS) is 16.8. The van der Waals surface area contributed by atoms with Gasteiger partial charge in [-0.25, -0.2) is 13.1 Å². The Morgan fingerprint density at radius 2 is 1.97 bits per heavy atom. The summed E-state index contributed by atoms with van der Waals surface area (Å²) in [5.41, 5.74) is 3.70. The van der Waals surface area contributed by atoms with E-state index in [4.69, 9.17) is 4.74 Å². The summed E-state index contributed by atoms with van der Waals surface area (Å²) in [6.07, 6.45) is 3.24. The van der Waals surface area contributed by atoms with Gasteiger partial charge in [0.2, 0.25) is 10.0 Å². The Bertz CT molecular complexity index is 1140. The van der Waals surface area contributed by atoms with E-state index in [0.717, 1.165) is 29.7 Å². The van der Waals surface area contributed by atoms with Gasteiger partial charge in [-0.3, -0.25) is 0 Å². The highest BCUT2D eigenvalue weighted by Crippen LogP contribution is 2.25. The third-order valence-electron chi connectivity index (χ3n) is 5.84. The van der Waals surface area contributed by atoms with E-state index in [0.29, 0.717) is 25.6 Å². The van der Waals surface area contributed by atoms with Crippen LogP contribution in [0.1, 0.15) is 49.3 Å². The van der Waals surface area contributed by atoms with Gasteiger partial charge in [-0.1, -0.05) is 38.1 Å². The molecule has 32 heavy (non-hydrogen) atoms. The zero-order valence-electron chi connectivity index (χ0n) is 18.7. The van der Waals surface area contributed by atoms with Crippen molar-refractivity contribution in [3.05, 3.63) is 65.5 Å². The average molecular weight is 456 g/mol. The molecule has 1 aliphatic rings. The molecule has 1 saturated heterocycles. The van der Waals surface area contributed by atoms with E-state index >= 15 is 0 Å². The van der Waals surface area contributed by atoms with Crippen LogP contribution in [0.4, 0.5) is 0 Å². The molecule has 0 saturated carbocycles. The molecule has 1 aromatic heterocycles. The van der Waals surface area contributed by atoms with Crippen molar-refractivity contribution in [3.63, 3.8) is 0 Å². The summed E-state index contributed by atoms with van der Waals surface area (Å²) >= 11 is 0. The summed E-state index contributed by atoms with van der Waals surface area (Å²) in [4.78, 5) is 0.253. The Morgan fingerprint density at radius 3 is 2.56 bits per heavy atom. The highest BCUT2D eigenvalue weighted by atomic mass is 32.2. The Balaban J connectivity index is 1.63. The number of aromatic nitrogens is 4. The van der Waals surface area contributed by atoms with Crippen LogP contribution in [0.3, 0.4) is 0 Å². The second kappa shape index (κ2) is 9.48. The number of benzene rings is 2. The van der Waals surface area contributed by atoms with Crippen LogP contribution in [0.5, 0.6) is 0 Å². The van der Waals surface area contributed by atoms with Gasteiger partial charge in [-0.15, -0.1) is 5.10 Å². The second-order valence-corrected chi connectivity index (χ2v) is 10.5. The average Bonchev–Trinajstić information content (AvgIpc) is 3.48. The molecule has 170 valence electrons. The van der Waals surface area contributed by atoms with Gasteiger partial charge >= 0.3 is 0 Å². The van der Waals surface area contributed by atoms with Gasteiger partial charge in [0.05, 0.1) is 16.7 Å². The predicted octanol–water partition coefficient (Wildman–Crippen LogP) is 3.46. The number of nitrogens with zero attached hydrogens (tertiary/aromatic N) is 5. The lowest BCUT2D eigenvalue weighted by Gasteiger charge is -2.25. The van der Waals surface area contributed by atoms with Gasteiger partial charge in [-0.05, 0) is 71.0 Å². The molecule has 3 aromatic rings. The fraction of sp³-hybridized carbons (Fsp3) is 0.435. The number of ether oxygens (including phenoxy) is 1. The molecule has 1 aliphatic heterocycles. The van der Waals surface area contributed by atoms with Gasteiger partial charge < -0.3 is 4.74 Å². The molecule has 2 aromatic carbocycles. The minimum atomic E-state index is -3.73. The van der Waals surface area contributed by atoms with E-state index in [2.05, 4.69) is 41.5 Å². The van der Waals surface area contributed by atoms with Crippen molar-refractivity contribution in [1.82, 2.24) is 24.5 Å². The summed E-state index contributed by atoms with van der Waals surface area (Å²) in [5, 5.41) is 11.2. The molecule has 9 heteroatoms. The van der Waals surface area contributed by atoms with Crippen molar-refractivity contribution >= 4 is 10.0 Å². The number of aryl methyl sites for hydroxylation is 1. The molecule has 0 amide bonds. The van der Waals surface area contributed by atoms with Gasteiger partial charge in [0.25, 0.3) is 0 Å². The lowest BCUT2D eigenvalue weighted by atomic mass is 10.0. The zero-order chi connectivity index (χ0) is 22.7. The fourth-order valence-corrected chi connectivity index (χ4v) is 5.49. The number of hydrogen-bond donors (Lipinski definition) is 0. The van der Waals surface area contributed by atoms with Crippen LogP contribution >= 0.6 is 0 Å². The highest BCUT2D eigenvalue weighted by molar-refractivity contribution is 7.89. The standard InChI is InChI=1S/C23H29N5O3S/c1-17(2)20-8-6-19(7-9-20)14-27(15-21-5-4-12-31-21)32(29,30)22-10-11-23(18(3)13-22)28-16-24-25-26-28/h6-11,13,16-17,21H,4-5,12,14-15H2,1-3H3/t21-/m0/s1. The van der Waals surface area contributed by atoms with Crippen molar-refractivity contribution in [2.75, 3.05) is 13.2 Å². The molecule has 0 radical (unpaired) electrons. The van der Waals surface area contributed by atoms with E-state index in [1.807, 2.05) is 19.1 Å². The maximum absolute atomic E-state index is 13.7. The van der Waals surface area contributed by atoms with Crippen LogP contribution in [-0.2, 0) is 21.3 Å². The van der Waals surface area contributed by atoms with Crippen LogP contribution < -0.4 is 0 Å². The van der Waals surface area contributed by atoms with Crippen molar-refractivity contribution in [1.29, 1.82) is 0 Å². The monoisotopic (exact) mass is 455 g/mol. The summed E-state index contributed by atoms with van der Waals surface area (Å²) in [6.45, 7) is 7.46. The molecule has 2 heterocycles. The molecular formula is C23H29N5O3S. The van der Waals surface area contributed by atoms with E-state index in [9.17, 15) is 8.42 Å². The Morgan fingerprint density at radius 1 is 1.19 bits per heavy atom. The summed E-state index contributed by atoms with van der Waals surface area (Å²) in [6, 6.07) is 13.2. The lowest BCUT2D eigenvalue weighted by molar-refractivity contribution is 0.0926. The summed E-state index contributed by atoms with van der Waals surface area (Å²) in [7, 11) is -3.73. The first-order chi connectivity index (χ1) is 15.3. The minimum absolute atomic E-state index is 0.0821. The fourth-order valence-electron chi connectivity index (χ4n) is 3.94. The van der Waals surface area contributed by atoms with Crippen molar-refractivity contribution in [2.45, 2.75) is 57.1 Å². The SMILES string of the molecule is Cc1cc(S(=O)(=O)N(Cc2ccc(C(C)C)cc2)C[C@@H]2CCCO2)ccc1-n1cnnn1. The van der Waals surface area contributed by atoms with Crippen molar-refractivity contribution in [2.24, 2.45) is 0 Å². The van der Waals surface area contributed by atoms with E-state index in [1.165, 1.54) is 16.6 Å². The van der Waals surface area contributed by atoms with Gasteiger partial charge in [0, 0.05) is 19.7 Å². The molecule has 0 unspecified atom stereocenters. The quantitative estimate of drug-likeness (QED) is 0.517. The van der Waals surface area contributed by atoms with Crippen LogP contribution in [0.25, 0.3) is 5.69 Å². The molecule has 4 rings (SSSR count). The van der Waals surface area contributed by atoms with Crippen LogP contribution in [0.15, 0.2) is 53.7 Å². The molecule has 0 N–H and O–H groups in total. The van der Waals surface area contributed by atoms with Crippen LogP contribution in [0, 0.1) is 6.92 Å². The predicted molar refractivity (Wildman–Crippen MR) is 121 cm³/mol. The van der Waals surface area contributed by atoms with Gasteiger partial charge in [0.1, 0.15) is 6.33 Å². The largest absolute Gasteiger partial charge is 0.377 e. The van der Waals surface area contributed by atoms with Gasteiger partial charge in [-0.2, -0.15) is 4.31 Å². The molecule has 1 fully saturated rings. The first-order valence-corrected chi connectivity index (χ1v) is 12.3. The number of sulfonamides is 1. The first kappa shape index (κ1) is 22.6. The van der Waals surface area contributed by atoms with E-state index in [-0.39, 0.29) is 11.0 Å². The Kier molecular flexibility index (Phi) is 6.68.